The van der Waals surface area contributed by atoms with Crippen LogP contribution in [0.3, 0.4) is 0 Å². The first-order valence-electron chi connectivity index (χ1n) is 3.18. The van der Waals surface area contributed by atoms with E-state index in [0.29, 0.717) is 0 Å². The van der Waals surface area contributed by atoms with Gasteiger partial charge >= 0.3 is 34.7 Å². The van der Waals surface area contributed by atoms with Crippen LogP contribution in [0.5, 0.6) is 0 Å². The predicted octanol–water partition coefficient (Wildman–Crippen LogP) is 2.10. The third-order valence-corrected chi connectivity index (χ3v) is 2.13. The second-order valence-electron chi connectivity index (χ2n) is 1.79. The molecule has 0 aliphatic carbocycles. The topological polar surface area (TPSA) is 122 Å². The average molecular weight is 306 g/mol. The first kappa shape index (κ1) is 15.9. The Kier molecular flexibility index (Phi) is 10.0. The molecule has 9 nitrogen and oxygen atoms in total. The second kappa shape index (κ2) is 10.1. The van der Waals surface area contributed by atoms with E-state index in [0.717, 1.165) is 0 Å². The Morgan fingerprint density at radius 3 is 1.12 bits per heavy atom. The summed E-state index contributed by atoms with van der Waals surface area (Å²) >= 11 is 0. The van der Waals surface area contributed by atoms with Gasteiger partial charge in [-0.25, -0.2) is 18.3 Å². The molecule has 16 heavy (non-hydrogen) atoms. The molecule has 0 fully saturated rings. The molecule has 88 valence electrons. The lowest BCUT2D eigenvalue weighted by Crippen LogP contribution is -2.33. The quantitative estimate of drug-likeness (QED) is 0.441. The standard InChI is InChI=1S/C3H2O9P4/c4-1(2(9-13-5)10-14-6)3(11-15-7)12-16-8/h2-3H. The fraction of sp³-hybridized carbons (Fsp3) is 0.667. The number of Topliss-reactive ketones (excluding diaryl/α,β-unsaturated/α-hetero) is 1. The van der Waals surface area contributed by atoms with Crippen LogP contribution in [-0.2, 0) is 41.1 Å². The fourth-order valence-corrected chi connectivity index (χ4v) is 1.55. The minimum absolute atomic E-state index is 0.926. The molecule has 0 radical (unpaired) electrons. The van der Waals surface area contributed by atoms with Crippen LogP contribution in [-0.4, -0.2) is 18.4 Å². The highest BCUT2D eigenvalue weighted by Gasteiger charge is 2.32. The zero-order valence-corrected chi connectivity index (χ0v) is 10.7. The van der Waals surface area contributed by atoms with Gasteiger partial charge in [0.25, 0.3) is 0 Å². The molecule has 0 rings (SSSR count). The van der Waals surface area contributed by atoms with Crippen molar-refractivity contribution < 1.29 is 41.1 Å². The maximum atomic E-state index is 11.3. The zero-order valence-electron chi connectivity index (χ0n) is 7.12. The zero-order chi connectivity index (χ0) is 12.4. The Bertz CT molecular complexity index is 234. The van der Waals surface area contributed by atoms with Crippen molar-refractivity contribution in [1.82, 2.24) is 0 Å². The molecule has 0 N–H and O–H groups in total. The Balaban J connectivity index is 4.61. The predicted molar refractivity (Wildman–Crippen MR) is 47.3 cm³/mol. The van der Waals surface area contributed by atoms with Gasteiger partial charge in [0.05, 0.1) is 0 Å². The monoisotopic (exact) mass is 306 g/mol. The van der Waals surface area contributed by atoms with Crippen molar-refractivity contribution in [2.45, 2.75) is 12.6 Å². The van der Waals surface area contributed by atoms with Crippen molar-refractivity contribution >= 4 is 40.5 Å². The Morgan fingerprint density at radius 1 is 0.688 bits per heavy atom. The number of carbonyl (C=O) groups is 1. The van der Waals surface area contributed by atoms with E-state index in [1.165, 1.54) is 0 Å². The molecule has 0 aromatic carbocycles. The highest BCUT2D eigenvalue weighted by Crippen LogP contribution is 2.19. The highest BCUT2D eigenvalue weighted by atomic mass is 31.1. The Hall–Kier alpha value is -0.0900. The van der Waals surface area contributed by atoms with Gasteiger partial charge in [-0.2, -0.15) is 0 Å². The van der Waals surface area contributed by atoms with E-state index in [4.69, 9.17) is 0 Å². The number of rotatable bonds is 10. The summed E-state index contributed by atoms with van der Waals surface area (Å²) in [6.07, 6.45) is -3.68. The van der Waals surface area contributed by atoms with Crippen LogP contribution >= 0.6 is 34.7 Å². The van der Waals surface area contributed by atoms with Gasteiger partial charge in [0.1, 0.15) is 0 Å². The fourth-order valence-electron chi connectivity index (χ4n) is 0.514. The SMILES string of the molecule is O=POC(OP=O)C(=O)C(OP=O)OP=O. The van der Waals surface area contributed by atoms with E-state index in [1.807, 2.05) is 0 Å². The van der Waals surface area contributed by atoms with Gasteiger partial charge in [-0.05, 0) is 0 Å². The van der Waals surface area contributed by atoms with E-state index in [1.54, 1.807) is 0 Å². The molecule has 0 unspecified atom stereocenters. The third-order valence-electron chi connectivity index (χ3n) is 1.02. The van der Waals surface area contributed by atoms with Crippen molar-refractivity contribution in [3.05, 3.63) is 0 Å². The molecule has 0 aliphatic heterocycles. The molecule has 0 atom stereocenters. The lowest BCUT2D eigenvalue weighted by molar-refractivity contribution is -0.154. The van der Waals surface area contributed by atoms with E-state index < -0.39 is 53.1 Å². The summed E-state index contributed by atoms with van der Waals surface area (Å²) in [6, 6.07) is 0. The van der Waals surface area contributed by atoms with E-state index in [2.05, 4.69) is 18.1 Å². The largest absolute Gasteiger partial charge is 0.330 e. The van der Waals surface area contributed by atoms with Crippen LogP contribution in [0.25, 0.3) is 0 Å². The maximum absolute atomic E-state index is 11.3. The summed E-state index contributed by atoms with van der Waals surface area (Å²) in [5, 5.41) is 0. The number of ketones is 1. The van der Waals surface area contributed by atoms with Gasteiger partial charge in [0, 0.05) is 0 Å². The van der Waals surface area contributed by atoms with E-state index in [-0.39, 0.29) is 0 Å². The second-order valence-corrected chi connectivity index (χ2v) is 3.23. The van der Waals surface area contributed by atoms with Crippen LogP contribution in [0.2, 0.25) is 0 Å². The number of hydrogen-bond donors (Lipinski definition) is 0. The van der Waals surface area contributed by atoms with Crippen LogP contribution in [0.1, 0.15) is 0 Å². The minimum Gasteiger partial charge on any atom is -0.288 e. The molecular formula is C3H2O9P4. The lowest BCUT2D eigenvalue weighted by atomic mass is 10.4. The van der Waals surface area contributed by atoms with Gasteiger partial charge in [-0.3, -0.25) is 22.9 Å². The first-order chi connectivity index (χ1) is 7.71. The maximum Gasteiger partial charge on any atom is 0.330 e. The smallest absolute Gasteiger partial charge is 0.288 e. The van der Waals surface area contributed by atoms with E-state index in [9.17, 15) is 23.1 Å². The van der Waals surface area contributed by atoms with Crippen molar-refractivity contribution in [1.29, 1.82) is 0 Å². The molecule has 0 bridgehead atoms. The van der Waals surface area contributed by atoms with Crippen LogP contribution < -0.4 is 0 Å². The summed E-state index contributed by atoms with van der Waals surface area (Å²) in [4.78, 5) is 11.3. The summed E-state index contributed by atoms with van der Waals surface area (Å²) in [5.41, 5.74) is 0. The molecule has 0 spiro atoms. The molecule has 13 heteroatoms. The van der Waals surface area contributed by atoms with E-state index >= 15 is 0 Å². The average Bonchev–Trinajstić information content (AvgIpc) is 2.27. The molecule has 0 aromatic rings. The first-order valence-corrected chi connectivity index (χ1v) is 6.11. The molecule has 0 amide bonds. The highest BCUT2D eigenvalue weighted by molar-refractivity contribution is 7.18. The van der Waals surface area contributed by atoms with Crippen molar-refractivity contribution in [2.24, 2.45) is 0 Å². The Labute approximate surface area is 94.9 Å². The van der Waals surface area contributed by atoms with Crippen LogP contribution in [0.15, 0.2) is 0 Å². The van der Waals surface area contributed by atoms with Gasteiger partial charge in [0.2, 0.25) is 18.4 Å². The summed E-state index contributed by atoms with van der Waals surface area (Å²) in [7, 11) is -3.71. The van der Waals surface area contributed by atoms with Crippen LogP contribution in [0.4, 0.5) is 0 Å². The minimum atomic E-state index is -1.84. The normalized spacial score (nSPS) is 15.5. The van der Waals surface area contributed by atoms with Gasteiger partial charge < -0.3 is 0 Å². The summed E-state index contributed by atoms with van der Waals surface area (Å²) in [6.45, 7) is 0. The summed E-state index contributed by atoms with van der Waals surface area (Å²) in [5.74, 6) is -1.15. The van der Waals surface area contributed by atoms with Crippen molar-refractivity contribution in [3.63, 3.8) is 0 Å². The Morgan fingerprint density at radius 2 is 0.938 bits per heavy atom. The number of hydrogen-bond acceptors (Lipinski definition) is 9. The van der Waals surface area contributed by atoms with Crippen molar-refractivity contribution in [3.8, 4) is 0 Å². The lowest BCUT2D eigenvalue weighted by Gasteiger charge is -2.12. The van der Waals surface area contributed by atoms with Gasteiger partial charge in [-0.1, -0.05) is 0 Å². The molecule has 0 saturated heterocycles. The molecule has 0 aliphatic rings. The molecule has 0 heterocycles. The van der Waals surface area contributed by atoms with Gasteiger partial charge in [-0.15, -0.1) is 0 Å². The number of carbonyl (C=O) groups excluding carboxylic acids is 1. The van der Waals surface area contributed by atoms with Gasteiger partial charge in [0.15, 0.2) is 0 Å². The summed E-state index contributed by atoms with van der Waals surface area (Å²) < 4.78 is 57.0. The molecule has 0 aromatic heterocycles. The van der Waals surface area contributed by atoms with Crippen LogP contribution in [0, 0.1) is 0 Å². The van der Waals surface area contributed by atoms with Crippen molar-refractivity contribution in [2.75, 3.05) is 0 Å². The third kappa shape index (κ3) is 5.85. The molecule has 0 saturated carbocycles. The molecular weight excluding hydrogens is 304 g/mol.